The lowest BCUT2D eigenvalue weighted by Crippen LogP contribution is -2.24. The number of hydrogen-bond donors (Lipinski definition) is 1. The first kappa shape index (κ1) is 26.3. The van der Waals surface area contributed by atoms with Gasteiger partial charge in [0, 0.05) is 34.5 Å². The number of aryl methyl sites for hydroxylation is 1. The fourth-order valence-electron chi connectivity index (χ4n) is 3.91. The number of nitrogens with one attached hydrogen (secondary N) is 1. The van der Waals surface area contributed by atoms with Crippen molar-refractivity contribution in [2.24, 2.45) is 0 Å². The number of methoxy groups -OCH3 is 2. The standard InChI is InChI=1S/C27H30BrNO6/c1-5-34-26(31)11-7-19(27-17(2)35-22-10-8-20(28)16-21(22)27)15-25(30)29-13-12-18-6-9-23(32-3)24(14-18)33-4/h6,8-10,14-16H,5,7,11-13H2,1-4H3,(H,29,30)/b19-15-. The van der Waals surface area contributed by atoms with Crippen LogP contribution in [0.5, 0.6) is 11.5 Å². The van der Waals surface area contributed by atoms with E-state index in [9.17, 15) is 9.59 Å². The maximum Gasteiger partial charge on any atom is 0.306 e. The summed E-state index contributed by atoms with van der Waals surface area (Å²) in [5.41, 5.74) is 3.27. The summed E-state index contributed by atoms with van der Waals surface area (Å²) in [4.78, 5) is 24.9. The van der Waals surface area contributed by atoms with Crippen molar-refractivity contribution in [3.05, 3.63) is 63.8 Å². The summed E-state index contributed by atoms with van der Waals surface area (Å²) in [7, 11) is 3.18. The van der Waals surface area contributed by atoms with Gasteiger partial charge in [0.2, 0.25) is 5.91 Å². The molecule has 3 rings (SSSR count). The van der Waals surface area contributed by atoms with Gasteiger partial charge in [0.25, 0.3) is 0 Å². The van der Waals surface area contributed by atoms with Crippen molar-refractivity contribution in [1.82, 2.24) is 5.32 Å². The van der Waals surface area contributed by atoms with Crippen LogP contribution in [0.4, 0.5) is 0 Å². The molecule has 0 atom stereocenters. The lowest BCUT2D eigenvalue weighted by Gasteiger charge is -2.11. The van der Waals surface area contributed by atoms with Crippen LogP contribution in [-0.2, 0) is 20.7 Å². The van der Waals surface area contributed by atoms with Crippen LogP contribution in [0.15, 0.2) is 51.4 Å². The Morgan fingerprint density at radius 1 is 1.06 bits per heavy atom. The molecule has 0 bridgehead atoms. The molecule has 1 aromatic heterocycles. The molecule has 7 nitrogen and oxygen atoms in total. The predicted molar refractivity (Wildman–Crippen MR) is 139 cm³/mol. The van der Waals surface area contributed by atoms with Crippen molar-refractivity contribution in [1.29, 1.82) is 0 Å². The van der Waals surface area contributed by atoms with E-state index in [1.165, 1.54) is 0 Å². The summed E-state index contributed by atoms with van der Waals surface area (Å²) in [6.45, 7) is 4.38. The number of esters is 1. The summed E-state index contributed by atoms with van der Waals surface area (Å²) < 4.78 is 22.5. The molecular formula is C27H30BrNO6. The number of amides is 1. The van der Waals surface area contributed by atoms with Crippen molar-refractivity contribution >= 4 is 44.3 Å². The second-order valence-electron chi connectivity index (χ2n) is 7.88. The van der Waals surface area contributed by atoms with Gasteiger partial charge in [-0.05, 0) is 68.2 Å². The molecule has 0 saturated carbocycles. The van der Waals surface area contributed by atoms with Gasteiger partial charge in [0.05, 0.1) is 20.8 Å². The molecule has 8 heteroatoms. The Morgan fingerprint density at radius 2 is 1.83 bits per heavy atom. The highest BCUT2D eigenvalue weighted by molar-refractivity contribution is 9.10. The van der Waals surface area contributed by atoms with Crippen molar-refractivity contribution in [2.75, 3.05) is 27.4 Å². The second kappa shape index (κ2) is 12.4. The van der Waals surface area contributed by atoms with E-state index in [2.05, 4.69) is 21.2 Å². The van der Waals surface area contributed by atoms with Gasteiger partial charge in [-0.2, -0.15) is 0 Å². The Hall–Kier alpha value is -3.26. The summed E-state index contributed by atoms with van der Waals surface area (Å²) in [5.74, 6) is 1.44. The van der Waals surface area contributed by atoms with Crippen LogP contribution in [-0.4, -0.2) is 39.2 Å². The van der Waals surface area contributed by atoms with Gasteiger partial charge in [-0.25, -0.2) is 0 Å². The average Bonchev–Trinajstić information content (AvgIpc) is 3.16. The Bertz CT molecular complexity index is 1230. The number of carbonyl (C=O) groups excluding carboxylic acids is 2. The van der Waals surface area contributed by atoms with Crippen molar-refractivity contribution in [2.45, 2.75) is 33.1 Å². The van der Waals surface area contributed by atoms with Crippen LogP contribution in [0.25, 0.3) is 16.5 Å². The Morgan fingerprint density at radius 3 is 2.54 bits per heavy atom. The van der Waals surface area contributed by atoms with Gasteiger partial charge < -0.3 is 23.9 Å². The van der Waals surface area contributed by atoms with E-state index >= 15 is 0 Å². The zero-order chi connectivity index (χ0) is 25.4. The molecule has 1 N–H and O–H groups in total. The molecule has 0 unspecified atom stereocenters. The van der Waals surface area contributed by atoms with Gasteiger partial charge in [-0.3, -0.25) is 9.59 Å². The molecule has 0 fully saturated rings. The fourth-order valence-corrected chi connectivity index (χ4v) is 4.27. The minimum Gasteiger partial charge on any atom is -0.493 e. The molecule has 1 heterocycles. The number of ether oxygens (including phenoxy) is 3. The first-order valence-corrected chi connectivity index (χ1v) is 12.2. The van der Waals surface area contributed by atoms with Gasteiger partial charge in [0.1, 0.15) is 11.3 Å². The number of hydrogen-bond acceptors (Lipinski definition) is 6. The lowest BCUT2D eigenvalue weighted by atomic mass is 9.97. The van der Waals surface area contributed by atoms with E-state index in [4.69, 9.17) is 18.6 Å². The second-order valence-corrected chi connectivity index (χ2v) is 8.79. The van der Waals surface area contributed by atoms with E-state index in [1.807, 2.05) is 43.3 Å². The molecule has 0 saturated heterocycles. The van der Waals surface area contributed by atoms with Crippen LogP contribution in [0.3, 0.4) is 0 Å². The van der Waals surface area contributed by atoms with E-state index in [0.717, 1.165) is 32.1 Å². The first-order chi connectivity index (χ1) is 16.9. The molecule has 0 aliphatic heterocycles. The number of furan rings is 1. The predicted octanol–water partition coefficient (Wildman–Crippen LogP) is 5.61. The molecule has 0 radical (unpaired) electrons. The van der Waals surface area contributed by atoms with Crippen LogP contribution < -0.4 is 14.8 Å². The minimum absolute atomic E-state index is 0.165. The first-order valence-electron chi connectivity index (χ1n) is 11.4. The summed E-state index contributed by atoms with van der Waals surface area (Å²) in [6.07, 6.45) is 2.69. The van der Waals surface area contributed by atoms with Crippen molar-refractivity contribution in [3.63, 3.8) is 0 Å². The minimum atomic E-state index is -0.307. The van der Waals surface area contributed by atoms with Crippen molar-refractivity contribution in [3.8, 4) is 11.5 Å². The Kier molecular flexibility index (Phi) is 9.37. The molecular weight excluding hydrogens is 514 g/mol. The summed E-state index contributed by atoms with van der Waals surface area (Å²) in [5, 5.41) is 3.82. The zero-order valence-electron chi connectivity index (χ0n) is 20.4. The van der Waals surface area contributed by atoms with E-state index < -0.39 is 0 Å². The molecule has 3 aromatic rings. The van der Waals surface area contributed by atoms with Gasteiger partial charge in [0.15, 0.2) is 11.5 Å². The highest BCUT2D eigenvalue weighted by Gasteiger charge is 2.18. The SMILES string of the molecule is CCOC(=O)CC/C(=C/C(=O)NCCc1ccc(OC)c(OC)c1)c1c(C)oc2ccc(Br)cc12. The normalized spacial score (nSPS) is 11.4. The smallest absolute Gasteiger partial charge is 0.306 e. The average molecular weight is 544 g/mol. The topological polar surface area (TPSA) is 87.0 Å². The molecule has 0 spiro atoms. The maximum absolute atomic E-state index is 12.9. The van der Waals surface area contributed by atoms with Gasteiger partial charge >= 0.3 is 5.97 Å². The monoisotopic (exact) mass is 543 g/mol. The molecule has 0 aliphatic rings. The number of halogens is 1. The number of fused-ring (bicyclic) bond motifs is 1. The third kappa shape index (κ3) is 6.88. The molecule has 35 heavy (non-hydrogen) atoms. The number of rotatable bonds is 11. The van der Waals surface area contributed by atoms with E-state index in [-0.39, 0.29) is 18.3 Å². The summed E-state index contributed by atoms with van der Waals surface area (Å²) in [6, 6.07) is 11.4. The number of benzene rings is 2. The number of carbonyl (C=O) groups is 2. The largest absolute Gasteiger partial charge is 0.493 e. The maximum atomic E-state index is 12.9. The molecule has 0 aliphatic carbocycles. The fraction of sp³-hybridized carbons (Fsp3) is 0.333. The Labute approximate surface area is 213 Å². The van der Waals surface area contributed by atoms with Crippen LogP contribution in [0, 0.1) is 6.92 Å². The zero-order valence-corrected chi connectivity index (χ0v) is 22.0. The van der Waals surface area contributed by atoms with Crippen LogP contribution >= 0.6 is 15.9 Å². The highest BCUT2D eigenvalue weighted by atomic mass is 79.9. The lowest BCUT2D eigenvalue weighted by molar-refractivity contribution is -0.143. The molecule has 186 valence electrons. The Balaban J connectivity index is 1.79. The van der Waals surface area contributed by atoms with Gasteiger partial charge in [-0.1, -0.05) is 22.0 Å². The quantitative estimate of drug-likeness (QED) is 0.250. The number of allylic oxidation sites excluding steroid dienone is 1. The molecule has 2 aromatic carbocycles. The summed E-state index contributed by atoms with van der Waals surface area (Å²) >= 11 is 3.50. The third-order valence-electron chi connectivity index (χ3n) is 5.52. The third-order valence-corrected chi connectivity index (χ3v) is 6.01. The van der Waals surface area contributed by atoms with Gasteiger partial charge in [-0.15, -0.1) is 0 Å². The van der Waals surface area contributed by atoms with E-state index in [0.29, 0.717) is 43.3 Å². The highest BCUT2D eigenvalue weighted by Crippen LogP contribution is 2.35. The molecule has 1 amide bonds. The van der Waals surface area contributed by atoms with Crippen LogP contribution in [0.2, 0.25) is 0 Å². The van der Waals surface area contributed by atoms with Crippen LogP contribution in [0.1, 0.15) is 36.7 Å². The van der Waals surface area contributed by atoms with Crippen molar-refractivity contribution < 1.29 is 28.2 Å². The van der Waals surface area contributed by atoms with E-state index in [1.54, 1.807) is 27.2 Å².